The Balaban J connectivity index is 1.67. The zero-order valence-corrected chi connectivity index (χ0v) is 13.5. The van der Waals surface area contributed by atoms with Crippen molar-refractivity contribution in [2.45, 2.75) is 25.8 Å². The van der Waals surface area contributed by atoms with Gasteiger partial charge in [0.15, 0.2) is 0 Å². The van der Waals surface area contributed by atoms with Gasteiger partial charge in [0.2, 0.25) is 5.91 Å². The van der Waals surface area contributed by atoms with Gasteiger partial charge in [0.05, 0.1) is 6.04 Å². The molecule has 2 heterocycles. The summed E-state index contributed by atoms with van der Waals surface area (Å²) in [4.78, 5) is 18.5. The minimum Gasteiger partial charge on any atom is -0.340 e. The molecule has 0 saturated carbocycles. The SMILES string of the molecule is CCCN1CCN[C@@H](Cc2ccc(-c3ccncc3)cc2)C1=O. The van der Waals surface area contributed by atoms with E-state index in [1.165, 1.54) is 11.1 Å². The van der Waals surface area contributed by atoms with Crippen LogP contribution in [0.5, 0.6) is 0 Å². The van der Waals surface area contributed by atoms with Gasteiger partial charge < -0.3 is 10.2 Å². The molecule has 4 heteroatoms. The van der Waals surface area contributed by atoms with Crippen LogP contribution in [-0.4, -0.2) is 41.5 Å². The molecule has 23 heavy (non-hydrogen) atoms. The monoisotopic (exact) mass is 309 g/mol. The molecule has 2 aromatic rings. The zero-order valence-electron chi connectivity index (χ0n) is 13.5. The number of hydrogen-bond donors (Lipinski definition) is 1. The molecule has 1 aromatic carbocycles. The summed E-state index contributed by atoms with van der Waals surface area (Å²) in [7, 11) is 0. The van der Waals surface area contributed by atoms with Crippen LogP contribution < -0.4 is 5.32 Å². The minimum absolute atomic E-state index is 0.0953. The highest BCUT2D eigenvalue weighted by atomic mass is 16.2. The van der Waals surface area contributed by atoms with Crippen molar-refractivity contribution >= 4 is 5.91 Å². The Hall–Kier alpha value is -2.20. The van der Waals surface area contributed by atoms with E-state index >= 15 is 0 Å². The van der Waals surface area contributed by atoms with E-state index in [0.29, 0.717) is 0 Å². The number of nitrogens with one attached hydrogen (secondary N) is 1. The summed E-state index contributed by atoms with van der Waals surface area (Å²) in [5.74, 6) is 0.233. The molecule has 1 fully saturated rings. The second kappa shape index (κ2) is 7.38. The fourth-order valence-electron chi connectivity index (χ4n) is 3.06. The highest BCUT2D eigenvalue weighted by Gasteiger charge is 2.27. The summed E-state index contributed by atoms with van der Waals surface area (Å²) < 4.78 is 0. The summed E-state index contributed by atoms with van der Waals surface area (Å²) in [5, 5.41) is 3.35. The number of pyridine rings is 1. The van der Waals surface area contributed by atoms with Gasteiger partial charge in [0, 0.05) is 32.0 Å². The number of amides is 1. The number of nitrogens with zero attached hydrogens (tertiary/aromatic N) is 2. The van der Waals surface area contributed by atoms with E-state index in [1.54, 1.807) is 12.4 Å². The van der Waals surface area contributed by atoms with Gasteiger partial charge in [-0.15, -0.1) is 0 Å². The Labute approximate surface area is 137 Å². The largest absolute Gasteiger partial charge is 0.340 e. The Morgan fingerprint density at radius 2 is 1.83 bits per heavy atom. The average Bonchev–Trinajstić information content (AvgIpc) is 2.60. The van der Waals surface area contributed by atoms with Crippen molar-refractivity contribution in [2.75, 3.05) is 19.6 Å². The summed E-state index contributed by atoms with van der Waals surface area (Å²) in [6.45, 7) is 4.68. The first-order valence-electron chi connectivity index (χ1n) is 8.29. The summed E-state index contributed by atoms with van der Waals surface area (Å²) in [6, 6.07) is 12.4. The predicted octanol–water partition coefficient (Wildman–Crippen LogP) is 2.50. The second-order valence-corrected chi connectivity index (χ2v) is 5.97. The van der Waals surface area contributed by atoms with Gasteiger partial charge in [-0.05, 0) is 41.7 Å². The molecule has 0 aliphatic carbocycles. The number of carbonyl (C=O) groups excluding carboxylic acids is 1. The van der Waals surface area contributed by atoms with Gasteiger partial charge in [0.25, 0.3) is 0 Å². The lowest BCUT2D eigenvalue weighted by Crippen LogP contribution is -2.55. The van der Waals surface area contributed by atoms with Crippen LogP contribution in [0, 0.1) is 0 Å². The molecule has 0 unspecified atom stereocenters. The first-order chi connectivity index (χ1) is 11.3. The molecule has 120 valence electrons. The summed E-state index contributed by atoms with van der Waals surface area (Å²) in [5.41, 5.74) is 3.52. The standard InChI is InChI=1S/C19H23N3O/c1-2-12-22-13-11-21-18(19(22)23)14-15-3-5-16(6-4-15)17-7-9-20-10-8-17/h3-10,18,21H,2,11-14H2,1H3/t18-/m0/s1. The van der Waals surface area contributed by atoms with E-state index in [0.717, 1.165) is 38.0 Å². The van der Waals surface area contributed by atoms with Crippen molar-refractivity contribution in [3.8, 4) is 11.1 Å². The maximum Gasteiger partial charge on any atom is 0.240 e. The number of piperazine rings is 1. The predicted molar refractivity (Wildman–Crippen MR) is 92.0 cm³/mol. The van der Waals surface area contributed by atoms with Crippen molar-refractivity contribution in [2.24, 2.45) is 0 Å². The smallest absolute Gasteiger partial charge is 0.240 e. The van der Waals surface area contributed by atoms with Crippen LogP contribution in [0.4, 0.5) is 0 Å². The maximum atomic E-state index is 12.5. The van der Waals surface area contributed by atoms with E-state index in [9.17, 15) is 4.79 Å². The van der Waals surface area contributed by atoms with Crippen LogP contribution in [0.3, 0.4) is 0 Å². The van der Waals surface area contributed by atoms with Crippen LogP contribution in [-0.2, 0) is 11.2 Å². The fraction of sp³-hybridized carbons (Fsp3) is 0.368. The normalized spacial score (nSPS) is 18.2. The van der Waals surface area contributed by atoms with E-state index in [-0.39, 0.29) is 11.9 Å². The Morgan fingerprint density at radius 3 is 2.52 bits per heavy atom. The molecule has 4 nitrogen and oxygen atoms in total. The van der Waals surface area contributed by atoms with Gasteiger partial charge in [-0.25, -0.2) is 0 Å². The molecule has 1 N–H and O–H groups in total. The lowest BCUT2D eigenvalue weighted by molar-refractivity contribution is -0.135. The fourth-order valence-corrected chi connectivity index (χ4v) is 3.06. The molecule has 1 atom stereocenters. The zero-order chi connectivity index (χ0) is 16.1. The molecule has 0 spiro atoms. The maximum absolute atomic E-state index is 12.5. The van der Waals surface area contributed by atoms with E-state index in [2.05, 4.69) is 41.5 Å². The molecular formula is C19H23N3O. The van der Waals surface area contributed by atoms with Crippen molar-refractivity contribution in [3.63, 3.8) is 0 Å². The molecule has 1 aromatic heterocycles. The van der Waals surface area contributed by atoms with Gasteiger partial charge in [-0.2, -0.15) is 0 Å². The van der Waals surface area contributed by atoms with Gasteiger partial charge in [-0.1, -0.05) is 31.2 Å². The Kier molecular flexibility index (Phi) is 5.03. The molecule has 0 bridgehead atoms. The Bertz CT molecular complexity index is 637. The van der Waals surface area contributed by atoms with Crippen LogP contribution in [0.15, 0.2) is 48.8 Å². The van der Waals surface area contributed by atoms with Crippen LogP contribution in [0.25, 0.3) is 11.1 Å². The first kappa shape index (κ1) is 15.7. The lowest BCUT2D eigenvalue weighted by atomic mass is 10.00. The summed E-state index contributed by atoms with van der Waals surface area (Å²) >= 11 is 0. The molecule has 0 radical (unpaired) electrons. The highest BCUT2D eigenvalue weighted by molar-refractivity contribution is 5.83. The number of rotatable bonds is 5. The molecule has 1 aliphatic heterocycles. The van der Waals surface area contributed by atoms with E-state index < -0.39 is 0 Å². The quantitative estimate of drug-likeness (QED) is 0.923. The molecule has 1 saturated heterocycles. The number of benzene rings is 1. The topological polar surface area (TPSA) is 45.2 Å². The number of carbonyl (C=O) groups is 1. The highest BCUT2D eigenvalue weighted by Crippen LogP contribution is 2.19. The van der Waals surface area contributed by atoms with Gasteiger partial charge >= 0.3 is 0 Å². The lowest BCUT2D eigenvalue weighted by Gasteiger charge is -2.33. The Morgan fingerprint density at radius 1 is 1.13 bits per heavy atom. The van der Waals surface area contributed by atoms with Crippen molar-refractivity contribution in [3.05, 3.63) is 54.4 Å². The molecular weight excluding hydrogens is 286 g/mol. The molecule has 3 rings (SSSR count). The molecule has 1 amide bonds. The van der Waals surface area contributed by atoms with E-state index in [1.807, 2.05) is 17.0 Å². The van der Waals surface area contributed by atoms with Crippen LogP contribution in [0.1, 0.15) is 18.9 Å². The average molecular weight is 309 g/mol. The number of aromatic nitrogens is 1. The van der Waals surface area contributed by atoms with Crippen molar-refractivity contribution < 1.29 is 4.79 Å². The third-order valence-electron chi connectivity index (χ3n) is 4.28. The van der Waals surface area contributed by atoms with Gasteiger partial charge in [0.1, 0.15) is 0 Å². The minimum atomic E-state index is -0.0953. The first-order valence-corrected chi connectivity index (χ1v) is 8.29. The second-order valence-electron chi connectivity index (χ2n) is 5.97. The van der Waals surface area contributed by atoms with Crippen LogP contribution >= 0.6 is 0 Å². The third kappa shape index (κ3) is 3.77. The number of hydrogen-bond acceptors (Lipinski definition) is 3. The van der Waals surface area contributed by atoms with Crippen LogP contribution in [0.2, 0.25) is 0 Å². The van der Waals surface area contributed by atoms with E-state index in [4.69, 9.17) is 0 Å². The molecule has 1 aliphatic rings. The van der Waals surface area contributed by atoms with Crippen molar-refractivity contribution in [1.82, 2.24) is 15.2 Å². The third-order valence-corrected chi connectivity index (χ3v) is 4.28. The van der Waals surface area contributed by atoms with Gasteiger partial charge in [-0.3, -0.25) is 9.78 Å². The van der Waals surface area contributed by atoms with Crippen molar-refractivity contribution in [1.29, 1.82) is 0 Å². The summed E-state index contributed by atoms with van der Waals surface area (Å²) in [6.07, 6.45) is 5.36.